The average molecular weight is 1560 g/mol. The maximum atomic E-state index is 13.2. The molecule has 19 heteroatoms. The van der Waals surface area contributed by atoms with Gasteiger partial charge in [0.05, 0.1) is 26.4 Å². The minimum Gasteiger partial charge on any atom is -0.462 e. The van der Waals surface area contributed by atoms with Crippen molar-refractivity contribution >= 4 is 39.5 Å². The minimum absolute atomic E-state index is 0.107. The molecule has 0 aromatic rings. The zero-order valence-corrected chi connectivity index (χ0v) is 72.6. The van der Waals surface area contributed by atoms with Crippen LogP contribution in [0.4, 0.5) is 0 Å². The van der Waals surface area contributed by atoms with Crippen LogP contribution in [0.5, 0.6) is 0 Å². The second-order valence-electron chi connectivity index (χ2n) is 33.1. The van der Waals surface area contributed by atoms with Crippen LogP contribution in [-0.4, -0.2) is 96.7 Å². The number of ether oxygens (including phenoxy) is 4. The van der Waals surface area contributed by atoms with Gasteiger partial charge in [0.15, 0.2) is 12.2 Å². The first-order valence-corrected chi connectivity index (χ1v) is 48.3. The Kier molecular flexibility index (Phi) is 75.3. The molecule has 0 amide bonds. The molecule has 0 saturated carbocycles. The van der Waals surface area contributed by atoms with E-state index >= 15 is 0 Å². The number of hydrogen-bond acceptors (Lipinski definition) is 15. The molecule has 0 saturated heterocycles. The second-order valence-corrected chi connectivity index (χ2v) is 36.0. The van der Waals surface area contributed by atoms with Gasteiger partial charge in [0.2, 0.25) is 0 Å². The Hall–Kier alpha value is -1.94. The Morgan fingerprint density at radius 3 is 0.664 bits per heavy atom. The summed E-state index contributed by atoms with van der Waals surface area (Å²) in [6, 6.07) is 0. The van der Waals surface area contributed by atoms with Gasteiger partial charge in [-0.3, -0.25) is 37.3 Å². The fourth-order valence-corrected chi connectivity index (χ4v) is 15.2. The van der Waals surface area contributed by atoms with Gasteiger partial charge in [0.25, 0.3) is 0 Å². The van der Waals surface area contributed by atoms with Crippen molar-refractivity contribution < 1.29 is 80.2 Å². The highest BCUT2D eigenvalue weighted by Gasteiger charge is 2.31. The van der Waals surface area contributed by atoms with Crippen LogP contribution in [0.15, 0.2) is 0 Å². The Balaban J connectivity index is 5.22. The lowest BCUT2D eigenvalue weighted by atomic mass is 9.99. The molecular formula is C88H172O17P2. The third-order valence-electron chi connectivity index (χ3n) is 21.3. The molecule has 0 radical (unpaired) electrons. The number of rotatable bonds is 85. The molecule has 0 aromatic carbocycles. The fourth-order valence-electron chi connectivity index (χ4n) is 13.6. The lowest BCUT2D eigenvalue weighted by Crippen LogP contribution is -2.30. The van der Waals surface area contributed by atoms with Crippen LogP contribution in [0.3, 0.4) is 0 Å². The normalized spacial score (nSPS) is 14.4. The zero-order chi connectivity index (χ0) is 78.8. The highest BCUT2D eigenvalue weighted by atomic mass is 31.2. The van der Waals surface area contributed by atoms with Gasteiger partial charge in [-0.25, -0.2) is 9.13 Å². The fraction of sp³-hybridized carbons (Fsp3) is 0.955. The van der Waals surface area contributed by atoms with E-state index < -0.39 is 97.5 Å². The molecule has 0 bridgehead atoms. The van der Waals surface area contributed by atoms with Gasteiger partial charge >= 0.3 is 39.5 Å². The first-order chi connectivity index (χ1) is 51.7. The predicted molar refractivity (Wildman–Crippen MR) is 441 cm³/mol. The molecule has 5 unspecified atom stereocenters. The third-order valence-corrected chi connectivity index (χ3v) is 23.2. The smallest absolute Gasteiger partial charge is 0.462 e. The van der Waals surface area contributed by atoms with Crippen LogP contribution in [-0.2, 0) is 65.4 Å². The highest BCUT2D eigenvalue weighted by molar-refractivity contribution is 7.47. The number of esters is 4. The minimum atomic E-state index is -4.97. The third kappa shape index (κ3) is 79.1. The van der Waals surface area contributed by atoms with Crippen molar-refractivity contribution in [2.75, 3.05) is 39.6 Å². The number of hydrogen-bond donors (Lipinski definition) is 3. The molecule has 0 aliphatic carbocycles. The summed E-state index contributed by atoms with van der Waals surface area (Å²) in [7, 11) is -9.93. The molecule has 0 spiro atoms. The predicted octanol–water partition coefficient (Wildman–Crippen LogP) is 26.7. The lowest BCUT2D eigenvalue weighted by molar-refractivity contribution is -0.161. The maximum Gasteiger partial charge on any atom is 0.472 e. The average Bonchev–Trinajstić information content (AvgIpc) is 0.994. The van der Waals surface area contributed by atoms with Gasteiger partial charge in [0.1, 0.15) is 19.3 Å². The molecule has 0 aromatic heterocycles. The Labute approximate surface area is 658 Å². The summed E-state index contributed by atoms with van der Waals surface area (Å²) >= 11 is 0. The molecular weight excluding hydrogens is 1390 g/mol. The molecule has 17 nitrogen and oxygen atoms in total. The first-order valence-electron chi connectivity index (χ1n) is 45.3. The van der Waals surface area contributed by atoms with Crippen LogP contribution in [0.25, 0.3) is 0 Å². The van der Waals surface area contributed by atoms with E-state index in [1.165, 1.54) is 257 Å². The molecule has 107 heavy (non-hydrogen) atoms. The number of carbonyl (C=O) groups excluding carboxylic acids is 4. The SMILES string of the molecule is CCC(C)CCCCCCCCCCCCCCCCCCCCC(=O)OC[C@H](COP(=O)(O)OCC(O)COP(=O)(O)OC[C@@H](COC(=O)CCCCCCCCCC(C)C)OC(=O)CCCCCCCCCCCCCCCCC(C)C)OC(=O)CCCCCCCCCCCCCCCCC(C)CC. The number of aliphatic hydroxyl groups excluding tert-OH is 1. The zero-order valence-electron chi connectivity index (χ0n) is 70.8. The van der Waals surface area contributed by atoms with Crippen molar-refractivity contribution in [2.24, 2.45) is 23.7 Å². The van der Waals surface area contributed by atoms with E-state index in [4.69, 9.17) is 37.0 Å². The van der Waals surface area contributed by atoms with Crippen molar-refractivity contribution in [3.05, 3.63) is 0 Å². The maximum absolute atomic E-state index is 13.2. The number of unbranched alkanes of at least 4 members (excludes halogenated alkanes) is 49. The summed E-state index contributed by atoms with van der Waals surface area (Å²) in [5.74, 6) is 1.11. The Morgan fingerprint density at radius 2 is 0.449 bits per heavy atom. The molecule has 3 N–H and O–H groups in total. The van der Waals surface area contributed by atoms with Crippen molar-refractivity contribution in [1.82, 2.24) is 0 Å². The van der Waals surface area contributed by atoms with Crippen LogP contribution in [0.2, 0.25) is 0 Å². The van der Waals surface area contributed by atoms with Crippen LogP contribution in [0, 0.1) is 23.7 Å². The first kappa shape index (κ1) is 105. The van der Waals surface area contributed by atoms with Crippen molar-refractivity contribution in [3.8, 4) is 0 Å². The van der Waals surface area contributed by atoms with E-state index in [0.717, 1.165) is 114 Å². The van der Waals surface area contributed by atoms with E-state index in [2.05, 4.69) is 55.4 Å². The monoisotopic (exact) mass is 1560 g/mol. The molecule has 7 atom stereocenters. The van der Waals surface area contributed by atoms with Crippen LogP contribution >= 0.6 is 15.6 Å². The molecule has 0 fully saturated rings. The molecule has 0 rings (SSSR count). The van der Waals surface area contributed by atoms with E-state index in [9.17, 15) is 43.2 Å². The van der Waals surface area contributed by atoms with Crippen LogP contribution in [0.1, 0.15) is 460 Å². The van der Waals surface area contributed by atoms with Crippen LogP contribution < -0.4 is 0 Å². The van der Waals surface area contributed by atoms with Crippen molar-refractivity contribution in [2.45, 2.75) is 478 Å². The number of phosphoric acid groups is 2. The van der Waals surface area contributed by atoms with Gasteiger partial charge in [-0.2, -0.15) is 0 Å². The summed E-state index contributed by atoms with van der Waals surface area (Å²) in [5.41, 5.74) is 0. The van der Waals surface area contributed by atoms with E-state index in [-0.39, 0.29) is 25.7 Å². The summed E-state index contributed by atoms with van der Waals surface area (Å²) < 4.78 is 68.9. The van der Waals surface area contributed by atoms with E-state index in [0.29, 0.717) is 31.6 Å². The summed E-state index contributed by atoms with van der Waals surface area (Å²) in [6.45, 7) is 14.4. The standard InChI is InChI=1S/C88H172O17P2/c1-9-80(7)66-58-50-42-34-28-22-15-13-11-12-14-16-24-30-36-44-52-60-68-85(90)98-74-83(104-87(92)70-63-55-46-38-32-26-20-18-23-29-35-43-51-59-67-81(8)10-2)76-102-106(94,95)100-72-82(89)73-101-107(96,97)103-77-84(75-99-86(91)69-61-53-47-39-41-49-57-65-79(5)6)105-88(93)71-62-54-45-37-31-25-19-17-21-27-33-40-48-56-64-78(3)4/h78-84,89H,9-77H2,1-8H3,(H,94,95)(H,96,97)/t80?,81?,82?,83-,84-/m1/s1. The van der Waals surface area contributed by atoms with E-state index in [1.54, 1.807) is 0 Å². The second kappa shape index (κ2) is 76.7. The Bertz CT molecular complexity index is 2080. The highest BCUT2D eigenvalue weighted by Crippen LogP contribution is 2.45. The van der Waals surface area contributed by atoms with Crippen molar-refractivity contribution in [1.29, 1.82) is 0 Å². The molecule has 0 aliphatic heterocycles. The van der Waals surface area contributed by atoms with Gasteiger partial charge in [0, 0.05) is 25.7 Å². The van der Waals surface area contributed by atoms with Gasteiger partial charge < -0.3 is 33.8 Å². The van der Waals surface area contributed by atoms with Gasteiger partial charge in [-0.15, -0.1) is 0 Å². The van der Waals surface area contributed by atoms with Crippen molar-refractivity contribution in [3.63, 3.8) is 0 Å². The number of carbonyl (C=O) groups is 4. The van der Waals surface area contributed by atoms with E-state index in [1.807, 2.05) is 0 Å². The lowest BCUT2D eigenvalue weighted by Gasteiger charge is -2.21. The quantitative estimate of drug-likeness (QED) is 0.0222. The molecule has 0 aliphatic rings. The topological polar surface area (TPSA) is 237 Å². The molecule has 636 valence electrons. The Morgan fingerprint density at radius 1 is 0.262 bits per heavy atom. The number of phosphoric ester groups is 2. The summed E-state index contributed by atoms with van der Waals surface area (Å²) in [4.78, 5) is 73.3. The molecule has 0 heterocycles. The number of aliphatic hydroxyl groups is 1. The van der Waals surface area contributed by atoms with Gasteiger partial charge in [-0.05, 0) is 49.4 Å². The summed E-state index contributed by atoms with van der Waals surface area (Å²) in [5, 5.41) is 10.7. The largest absolute Gasteiger partial charge is 0.472 e. The summed E-state index contributed by atoms with van der Waals surface area (Å²) in [6.07, 6.45) is 66.7. The van der Waals surface area contributed by atoms with Gasteiger partial charge in [-0.1, -0.05) is 409 Å².